The zero-order valence-corrected chi connectivity index (χ0v) is 16.4. The third-order valence-electron chi connectivity index (χ3n) is 6.21. The molecule has 1 saturated carbocycles. The van der Waals surface area contributed by atoms with Crippen molar-refractivity contribution in [3.8, 4) is 22.4 Å². The van der Waals surface area contributed by atoms with Gasteiger partial charge in [0.1, 0.15) is 0 Å². The van der Waals surface area contributed by atoms with Crippen molar-refractivity contribution in [3.05, 3.63) is 78.5 Å². The number of hydrogen-bond donors (Lipinski definition) is 0. The first-order valence-corrected chi connectivity index (χ1v) is 10.3. The van der Waals surface area contributed by atoms with Gasteiger partial charge >= 0.3 is 0 Å². The van der Waals surface area contributed by atoms with Crippen molar-refractivity contribution in [3.63, 3.8) is 0 Å². The fraction of sp³-hybridized carbons (Fsp3) is 0.346. The molecule has 0 aliphatic heterocycles. The second-order valence-electron chi connectivity index (χ2n) is 8.35. The highest BCUT2D eigenvalue weighted by Crippen LogP contribution is 2.36. The Morgan fingerprint density at radius 2 is 1.67 bits per heavy atom. The van der Waals surface area contributed by atoms with Gasteiger partial charge in [0.15, 0.2) is 0 Å². The maximum Gasteiger partial charge on any atom is 0.0708 e. The van der Waals surface area contributed by atoms with Crippen LogP contribution in [0.4, 0.5) is 0 Å². The fourth-order valence-corrected chi connectivity index (χ4v) is 4.52. The Hall–Kier alpha value is -2.41. The zero-order chi connectivity index (χ0) is 18.6. The summed E-state index contributed by atoms with van der Waals surface area (Å²) in [6, 6.07) is 23.8. The van der Waals surface area contributed by atoms with Gasteiger partial charge in [0.05, 0.1) is 5.69 Å². The minimum absolute atomic E-state index is 0.784. The van der Waals surface area contributed by atoms with Crippen molar-refractivity contribution in [1.82, 2.24) is 4.98 Å². The predicted octanol–water partition coefficient (Wildman–Crippen LogP) is 7.03. The summed E-state index contributed by atoms with van der Waals surface area (Å²) < 4.78 is 0. The van der Waals surface area contributed by atoms with Gasteiger partial charge < -0.3 is 0 Å². The van der Waals surface area contributed by atoms with Crippen LogP contribution >= 0.6 is 0 Å². The molecule has 0 amide bonds. The zero-order valence-electron chi connectivity index (χ0n) is 16.4. The van der Waals surface area contributed by atoms with E-state index in [1.54, 1.807) is 0 Å². The molecule has 1 heterocycles. The molecular formula is C26H29N. The number of nitrogens with zero attached hydrogens (tertiary/aromatic N) is 1. The maximum atomic E-state index is 4.54. The van der Waals surface area contributed by atoms with Crippen molar-refractivity contribution in [2.75, 3.05) is 0 Å². The van der Waals surface area contributed by atoms with Gasteiger partial charge in [-0.15, -0.1) is 0 Å². The van der Waals surface area contributed by atoms with Gasteiger partial charge in [-0.2, -0.15) is 0 Å². The minimum Gasteiger partial charge on any atom is -0.256 e. The fourth-order valence-electron chi connectivity index (χ4n) is 4.52. The predicted molar refractivity (Wildman–Crippen MR) is 114 cm³/mol. The minimum atomic E-state index is 0.784. The number of pyridine rings is 1. The van der Waals surface area contributed by atoms with E-state index in [-0.39, 0.29) is 0 Å². The van der Waals surface area contributed by atoms with Gasteiger partial charge in [-0.1, -0.05) is 74.9 Å². The van der Waals surface area contributed by atoms with Crippen LogP contribution in [0, 0.1) is 17.8 Å². The summed E-state index contributed by atoms with van der Waals surface area (Å²) in [5.41, 5.74) is 6.15. The number of hydrogen-bond acceptors (Lipinski definition) is 1. The highest BCUT2D eigenvalue weighted by Gasteiger charge is 2.26. The SMILES string of the molecule is CC1CCC(C(C)Cc2ccc(-c3ccnc(-c4ccccc4)c3)cc2)C1. The van der Waals surface area contributed by atoms with E-state index < -0.39 is 0 Å². The normalized spacial score (nSPS) is 20.5. The van der Waals surface area contributed by atoms with Crippen molar-refractivity contribution in [1.29, 1.82) is 0 Å². The van der Waals surface area contributed by atoms with E-state index in [2.05, 4.69) is 79.5 Å². The van der Waals surface area contributed by atoms with E-state index >= 15 is 0 Å². The first kappa shape index (κ1) is 18.0. The van der Waals surface area contributed by atoms with Gasteiger partial charge in [-0.25, -0.2) is 0 Å². The maximum absolute atomic E-state index is 4.54. The summed E-state index contributed by atoms with van der Waals surface area (Å²) in [5.74, 6) is 2.62. The Morgan fingerprint density at radius 1 is 0.889 bits per heavy atom. The third kappa shape index (κ3) is 4.30. The molecule has 3 atom stereocenters. The van der Waals surface area contributed by atoms with Gasteiger partial charge in [-0.05, 0) is 65.8 Å². The van der Waals surface area contributed by atoms with E-state index in [4.69, 9.17) is 0 Å². The van der Waals surface area contributed by atoms with Gasteiger partial charge in [-0.3, -0.25) is 4.98 Å². The van der Waals surface area contributed by atoms with E-state index in [1.807, 2.05) is 12.3 Å². The van der Waals surface area contributed by atoms with Crippen LogP contribution in [0.3, 0.4) is 0 Å². The molecule has 0 radical (unpaired) electrons. The van der Waals surface area contributed by atoms with Crippen molar-refractivity contribution in [2.45, 2.75) is 39.5 Å². The first-order chi connectivity index (χ1) is 13.2. The van der Waals surface area contributed by atoms with Crippen LogP contribution in [0.25, 0.3) is 22.4 Å². The third-order valence-corrected chi connectivity index (χ3v) is 6.21. The molecule has 3 aromatic rings. The topological polar surface area (TPSA) is 12.9 Å². The summed E-state index contributed by atoms with van der Waals surface area (Å²) in [6.07, 6.45) is 7.36. The lowest BCUT2D eigenvalue weighted by molar-refractivity contribution is 0.355. The van der Waals surface area contributed by atoms with Crippen LogP contribution in [0.2, 0.25) is 0 Å². The molecule has 4 rings (SSSR count). The summed E-state index contributed by atoms with van der Waals surface area (Å²) >= 11 is 0. The van der Waals surface area contributed by atoms with Crippen LogP contribution in [0.1, 0.15) is 38.7 Å². The lowest BCUT2D eigenvalue weighted by Gasteiger charge is -2.19. The monoisotopic (exact) mass is 355 g/mol. The van der Waals surface area contributed by atoms with E-state index in [0.717, 1.165) is 29.0 Å². The second-order valence-corrected chi connectivity index (χ2v) is 8.35. The quantitative estimate of drug-likeness (QED) is 0.479. The molecule has 0 bridgehead atoms. The summed E-state index contributed by atoms with van der Waals surface area (Å²) in [7, 11) is 0. The summed E-state index contributed by atoms with van der Waals surface area (Å²) in [4.78, 5) is 4.54. The number of aromatic nitrogens is 1. The molecule has 1 nitrogen and oxygen atoms in total. The molecule has 0 spiro atoms. The van der Waals surface area contributed by atoms with E-state index in [0.29, 0.717) is 0 Å². The lowest BCUT2D eigenvalue weighted by Crippen LogP contribution is -2.11. The Labute approximate surface area is 163 Å². The molecule has 3 unspecified atom stereocenters. The van der Waals surface area contributed by atoms with Crippen molar-refractivity contribution >= 4 is 0 Å². The average molecular weight is 356 g/mol. The van der Waals surface area contributed by atoms with E-state index in [9.17, 15) is 0 Å². The average Bonchev–Trinajstić information content (AvgIpc) is 3.16. The van der Waals surface area contributed by atoms with Crippen LogP contribution in [0.15, 0.2) is 72.9 Å². The molecular weight excluding hydrogens is 326 g/mol. The standard InChI is InChI=1S/C26H29N/c1-19-8-11-24(16-19)20(2)17-21-9-12-22(13-10-21)25-14-15-27-26(18-25)23-6-4-3-5-7-23/h3-7,9-10,12-15,18-20,24H,8,11,16-17H2,1-2H3. The molecule has 1 aliphatic carbocycles. The van der Waals surface area contributed by atoms with Gasteiger partial charge in [0.25, 0.3) is 0 Å². The molecule has 1 aliphatic rings. The molecule has 1 fully saturated rings. The van der Waals surface area contributed by atoms with Crippen LogP contribution in [0.5, 0.6) is 0 Å². The summed E-state index contributed by atoms with van der Waals surface area (Å²) in [5, 5.41) is 0. The Bertz CT molecular complexity index is 866. The van der Waals surface area contributed by atoms with Gasteiger partial charge in [0.2, 0.25) is 0 Å². The largest absolute Gasteiger partial charge is 0.256 e. The Morgan fingerprint density at radius 3 is 2.37 bits per heavy atom. The Kier molecular flexibility index (Phi) is 5.38. The highest BCUT2D eigenvalue weighted by atomic mass is 14.7. The van der Waals surface area contributed by atoms with Crippen LogP contribution < -0.4 is 0 Å². The molecule has 138 valence electrons. The molecule has 1 heteroatoms. The van der Waals surface area contributed by atoms with Crippen LogP contribution in [-0.2, 0) is 6.42 Å². The number of benzene rings is 2. The highest BCUT2D eigenvalue weighted by molar-refractivity contribution is 5.70. The molecule has 1 aromatic heterocycles. The number of rotatable bonds is 5. The smallest absolute Gasteiger partial charge is 0.0708 e. The molecule has 27 heavy (non-hydrogen) atoms. The molecule has 0 saturated heterocycles. The Balaban J connectivity index is 1.48. The van der Waals surface area contributed by atoms with Crippen LogP contribution in [-0.4, -0.2) is 4.98 Å². The van der Waals surface area contributed by atoms with Crippen molar-refractivity contribution in [2.24, 2.45) is 17.8 Å². The second kappa shape index (κ2) is 8.08. The first-order valence-electron chi connectivity index (χ1n) is 10.3. The summed E-state index contributed by atoms with van der Waals surface area (Å²) in [6.45, 7) is 4.84. The van der Waals surface area contributed by atoms with Gasteiger partial charge in [0, 0.05) is 11.8 Å². The molecule has 2 aromatic carbocycles. The molecule has 0 N–H and O–H groups in total. The van der Waals surface area contributed by atoms with E-state index in [1.165, 1.54) is 42.4 Å². The lowest BCUT2D eigenvalue weighted by atomic mass is 9.86. The van der Waals surface area contributed by atoms with Crippen molar-refractivity contribution < 1.29 is 0 Å².